The van der Waals surface area contributed by atoms with E-state index >= 15 is 0 Å². The molecule has 0 aliphatic carbocycles. The van der Waals surface area contributed by atoms with Crippen LogP contribution in [0.25, 0.3) is 0 Å². The molecule has 0 atom stereocenters. The van der Waals surface area contributed by atoms with Gasteiger partial charge in [-0.2, -0.15) is 0 Å². The Balaban J connectivity index is 3.74. The molecule has 0 spiro atoms. The summed E-state index contributed by atoms with van der Waals surface area (Å²) in [6.45, 7) is 3.91. The Morgan fingerprint density at radius 2 is 1.72 bits per heavy atom. The Bertz CT molecular complexity index is 327. The fraction of sp³-hybridized carbons (Fsp3) is 0.429. The minimum Gasteiger partial charge on any atom is -0.434 e. The van der Waals surface area contributed by atoms with Gasteiger partial charge in [0.15, 0.2) is 0 Å². The van der Waals surface area contributed by atoms with Gasteiger partial charge in [0.1, 0.15) is 0 Å². The largest absolute Gasteiger partial charge is 0.516 e. The van der Waals surface area contributed by atoms with E-state index in [1.807, 2.05) is 6.08 Å². The standard InChI is InChI=1S/C14H20O4/c1-3-5-6-7-8-9-10-11-12-13(15)18-14(16)17-4-2/h5-6,9-12H,3-4,7-8H2,1-2H3/b6-5-,10-9+,12-11+. The van der Waals surface area contributed by atoms with E-state index < -0.39 is 12.1 Å². The van der Waals surface area contributed by atoms with Gasteiger partial charge in [0.05, 0.1) is 6.61 Å². The smallest absolute Gasteiger partial charge is 0.434 e. The highest BCUT2D eigenvalue weighted by atomic mass is 16.7. The summed E-state index contributed by atoms with van der Waals surface area (Å²) in [5.41, 5.74) is 0. The highest BCUT2D eigenvalue weighted by Crippen LogP contribution is 1.95. The molecule has 0 saturated carbocycles. The van der Waals surface area contributed by atoms with Gasteiger partial charge in [0, 0.05) is 6.08 Å². The van der Waals surface area contributed by atoms with E-state index in [-0.39, 0.29) is 6.61 Å². The number of esters is 1. The lowest BCUT2D eigenvalue weighted by molar-refractivity contribution is -0.134. The van der Waals surface area contributed by atoms with Gasteiger partial charge in [-0.3, -0.25) is 0 Å². The van der Waals surface area contributed by atoms with E-state index in [4.69, 9.17) is 0 Å². The third-order valence-corrected chi connectivity index (χ3v) is 1.83. The Morgan fingerprint density at radius 3 is 2.39 bits per heavy atom. The van der Waals surface area contributed by atoms with Crippen LogP contribution < -0.4 is 0 Å². The van der Waals surface area contributed by atoms with Gasteiger partial charge in [0.2, 0.25) is 0 Å². The summed E-state index contributed by atoms with van der Waals surface area (Å²) in [6.07, 6.45) is 12.6. The summed E-state index contributed by atoms with van der Waals surface area (Å²) in [5.74, 6) is -0.732. The number of allylic oxidation sites excluding steroid dienone is 5. The lowest BCUT2D eigenvalue weighted by Gasteiger charge is -1.98. The van der Waals surface area contributed by atoms with Crippen molar-refractivity contribution in [1.29, 1.82) is 0 Å². The van der Waals surface area contributed by atoms with Crippen LogP contribution in [0.15, 0.2) is 36.5 Å². The van der Waals surface area contributed by atoms with Crippen LogP contribution in [0.3, 0.4) is 0 Å². The third kappa shape index (κ3) is 10.7. The molecule has 4 nitrogen and oxygen atoms in total. The molecule has 100 valence electrons. The van der Waals surface area contributed by atoms with Crippen molar-refractivity contribution < 1.29 is 19.1 Å². The Morgan fingerprint density at radius 1 is 1.00 bits per heavy atom. The highest BCUT2D eigenvalue weighted by Gasteiger charge is 2.06. The summed E-state index contributed by atoms with van der Waals surface area (Å²) in [5, 5.41) is 0. The van der Waals surface area contributed by atoms with Gasteiger partial charge in [-0.1, -0.05) is 37.3 Å². The van der Waals surface area contributed by atoms with Crippen LogP contribution in [0.4, 0.5) is 4.79 Å². The van der Waals surface area contributed by atoms with Crippen LogP contribution in [0.1, 0.15) is 33.1 Å². The summed E-state index contributed by atoms with van der Waals surface area (Å²) >= 11 is 0. The van der Waals surface area contributed by atoms with E-state index in [1.165, 1.54) is 12.2 Å². The first-order valence-corrected chi connectivity index (χ1v) is 6.07. The van der Waals surface area contributed by atoms with E-state index in [0.717, 1.165) is 19.3 Å². The second-order valence-electron chi connectivity index (χ2n) is 3.35. The third-order valence-electron chi connectivity index (χ3n) is 1.83. The molecule has 0 fully saturated rings. The molecule has 18 heavy (non-hydrogen) atoms. The van der Waals surface area contributed by atoms with Crippen LogP contribution in [0.2, 0.25) is 0 Å². The van der Waals surface area contributed by atoms with Crippen LogP contribution in [0.5, 0.6) is 0 Å². The second kappa shape index (κ2) is 11.6. The van der Waals surface area contributed by atoms with Crippen LogP contribution in [0, 0.1) is 0 Å². The number of carbonyl (C=O) groups is 2. The predicted octanol–water partition coefficient (Wildman–Crippen LogP) is 3.54. The Labute approximate surface area is 108 Å². The van der Waals surface area contributed by atoms with Gasteiger partial charge < -0.3 is 9.47 Å². The molecule has 0 unspecified atom stereocenters. The molecule has 4 heteroatoms. The van der Waals surface area contributed by atoms with Gasteiger partial charge in [-0.25, -0.2) is 9.59 Å². The summed E-state index contributed by atoms with van der Waals surface area (Å²) in [4.78, 5) is 21.8. The van der Waals surface area contributed by atoms with Gasteiger partial charge in [-0.15, -0.1) is 0 Å². The minimum atomic E-state index is -0.971. The van der Waals surface area contributed by atoms with Crippen molar-refractivity contribution in [2.75, 3.05) is 6.61 Å². The first-order valence-electron chi connectivity index (χ1n) is 6.07. The molecule has 0 aliphatic rings. The maximum absolute atomic E-state index is 11.0. The second-order valence-corrected chi connectivity index (χ2v) is 3.35. The van der Waals surface area contributed by atoms with Crippen molar-refractivity contribution >= 4 is 12.1 Å². The van der Waals surface area contributed by atoms with Crippen molar-refractivity contribution in [1.82, 2.24) is 0 Å². The quantitative estimate of drug-likeness (QED) is 0.174. The molecule has 0 aromatic heterocycles. The Kier molecular flexibility index (Phi) is 10.4. The SMILES string of the molecule is CC/C=C\CC/C=C/C=C/C(=O)OC(=O)OCC. The topological polar surface area (TPSA) is 52.6 Å². The lowest BCUT2D eigenvalue weighted by Crippen LogP contribution is -2.11. The normalized spacial score (nSPS) is 11.4. The molecule has 0 heterocycles. The number of ether oxygens (including phenoxy) is 2. The molecule has 0 N–H and O–H groups in total. The van der Waals surface area contributed by atoms with E-state index in [0.29, 0.717) is 0 Å². The van der Waals surface area contributed by atoms with Crippen LogP contribution in [-0.4, -0.2) is 18.7 Å². The zero-order valence-electron chi connectivity index (χ0n) is 10.9. The summed E-state index contributed by atoms with van der Waals surface area (Å²) in [6, 6.07) is 0. The molecule has 0 rings (SSSR count). The maximum atomic E-state index is 11.0. The highest BCUT2D eigenvalue weighted by molar-refractivity contribution is 5.89. The molecule has 0 saturated heterocycles. The summed E-state index contributed by atoms with van der Waals surface area (Å²) in [7, 11) is 0. The average molecular weight is 252 g/mol. The molecule has 0 aromatic rings. The number of hydrogen-bond donors (Lipinski definition) is 0. The summed E-state index contributed by atoms with van der Waals surface area (Å²) < 4.78 is 8.77. The molecule has 0 bridgehead atoms. The fourth-order valence-corrected chi connectivity index (χ4v) is 1.05. The Hall–Kier alpha value is -1.84. The first kappa shape index (κ1) is 16.2. The number of rotatable bonds is 7. The van der Waals surface area contributed by atoms with Crippen LogP contribution >= 0.6 is 0 Å². The van der Waals surface area contributed by atoms with E-state index in [1.54, 1.807) is 13.0 Å². The van der Waals surface area contributed by atoms with Gasteiger partial charge in [-0.05, 0) is 26.2 Å². The monoisotopic (exact) mass is 252 g/mol. The lowest BCUT2D eigenvalue weighted by atomic mass is 10.2. The van der Waals surface area contributed by atoms with Crippen molar-refractivity contribution in [3.8, 4) is 0 Å². The van der Waals surface area contributed by atoms with E-state index in [9.17, 15) is 9.59 Å². The number of carbonyl (C=O) groups excluding carboxylic acids is 2. The number of unbranched alkanes of at least 4 members (excludes halogenated alkanes) is 1. The van der Waals surface area contributed by atoms with Crippen molar-refractivity contribution in [2.24, 2.45) is 0 Å². The van der Waals surface area contributed by atoms with Gasteiger partial charge >= 0.3 is 12.1 Å². The van der Waals surface area contributed by atoms with Crippen molar-refractivity contribution in [2.45, 2.75) is 33.1 Å². The minimum absolute atomic E-state index is 0.182. The zero-order valence-corrected chi connectivity index (χ0v) is 10.9. The maximum Gasteiger partial charge on any atom is 0.516 e. The fourth-order valence-electron chi connectivity index (χ4n) is 1.05. The molecule has 0 radical (unpaired) electrons. The number of hydrogen-bond acceptors (Lipinski definition) is 4. The first-order chi connectivity index (χ1) is 8.70. The van der Waals surface area contributed by atoms with Crippen molar-refractivity contribution in [3.63, 3.8) is 0 Å². The zero-order chi connectivity index (χ0) is 13.6. The van der Waals surface area contributed by atoms with Crippen molar-refractivity contribution in [3.05, 3.63) is 36.5 Å². The predicted molar refractivity (Wildman–Crippen MR) is 70.1 cm³/mol. The van der Waals surface area contributed by atoms with Gasteiger partial charge in [0.25, 0.3) is 0 Å². The molecular weight excluding hydrogens is 232 g/mol. The molecule has 0 aliphatic heterocycles. The van der Waals surface area contributed by atoms with Crippen LogP contribution in [-0.2, 0) is 14.3 Å². The molecule has 0 aromatic carbocycles. The molecule has 0 amide bonds. The van der Waals surface area contributed by atoms with E-state index in [2.05, 4.69) is 28.5 Å². The average Bonchev–Trinajstić information content (AvgIpc) is 2.32. The molecular formula is C14H20O4.